The summed E-state index contributed by atoms with van der Waals surface area (Å²) in [5.74, 6) is -0.107. The van der Waals surface area contributed by atoms with Gasteiger partial charge in [-0.2, -0.15) is 0 Å². The molecule has 2 aliphatic rings. The number of rotatable bonds is 7. The van der Waals surface area contributed by atoms with Gasteiger partial charge in [0.1, 0.15) is 0 Å². The Morgan fingerprint density at radius 1 is 1.20 bits per heavy atom. The molecule has 0 radical (unpaired) electrons. The molecule has 1 atom stereocenters. The van der Waals surface area contributed by atoms with Crippen LogP contribution in [0, 0.1) is 0 Å². The van der Waals surface area contributed by atoms with Crippen molar-refractivity contribution in [1.29, 1.82) is 0 Å². The van der Waals surface area contributed by atoms with Crippen LogP contribution in [0.3, 0.4) is 0 Å². The molecule has 5 heteroatoms. The zero-order valence-corrected chi connectivity index (χ0v) is 12.7. The molecule has 0 amide bonds. The van der Waals surface area contributed by atoms with E-state index in [2.05, 4.69) is 14.5 Å². The van der Waals surface area contributed by atoms with Crippen molar-refractivity contribution in [3.8, 4) is 0 Å². The molecule has 2 heterocycles. The highest BCUT2D eigenvalue weighted by molar-refractivity contribution is 5.69. The number of hydrogen-bond acceptors (Lipinski definition) is 5. The minimum absolute atomic E-state index is 0.107. The largest absolute Gasteiger partial charge is 0.469 e. The molecule has 0 aliphatic carbocycles. The molecule has 0 saturated carbocycles. The number of nitrogens with zero attached hydrogens (tertiary/aromatic N) is 2. The number of esters is 1. The maximum atomic E-state index is 11.1. The summed E-state index contributed by atoms with van der Waals surface area (Å²) in [4.78, 5) is 16.0. The van der Waals surface area contributed by atoms with Crippen LogP contribution < -0.4 is 0 Å². The molecule has 0 aromatic heterocycles. The first kappa shape index (κ1) is 15.7. The first-order valence-corrected chi connectivity index (χ1v) is 7.91. The van der Waals surface area contributed by atoms with Gasteiger partial charge in [-0.25, -0.2) is 0 Å². The lowest BCUT2D eigenvalue weighted by Crippen LogP contribution is -2.47. The van der Waals surface area contributed by atoms with E-state index in [-0.39, 0.29) is 5.97 Å². The summed E-state index contributed by atoms with van der Waals surface area (Å²) in [7, 11) is 1.45. The van der Waals surface area contributed by atoms with Crippen LogP contribution in [-0.2, 0) is 14.3 Å². The number of piperazine rings is 1. The Balaban J connectivity index is 1.51. The van der Waals surface area contributed by atoms with Crippen LogP contribution in [0.15, 0.2) is 0 Å². The molecule has 1 unspecified atom stereocenters. The zero-order chi connectivity index (χ0) is 14.2. The van der Waals surface area contributed by atoms with Crippen molar-refractivity contribution in [2.45, 2.75) is 38.2 Å². The van der Waals surface area contributed by atoms with Gasteiger partial charge >= 0.3 is 5.97 Å². The van der Waals surface area contributed by atoms with E-state index in [1.807, 2.05) is 0 Å². The molecule has 116 valence electrons. The number of carbonyl (C=O) groups is 1. The lowest BCUT2D eigenvalue weighted by Gasteiger charge is -2.34. The van der Waals surface area contributed by atoms with Gasteiger partial charge in [0.15, 0.2) is 0 Å². The Bertz CT molecular complexity index is 285. The number of carbonyl (C=O) groups excluding carboxylic acids is 1. The van der Waals surface area contributed by atoms with Crippen molar-refractivity contribution in [3.05, 3.63) is 0 Å². The molecule has 2 fully saturated rings. The van der Waals surface area contributed by atoms with Crippen LogP contribution in [0.2, 0.25) is 0 Å². The predicted octanol–water partition coefficient (Wildman–Crippen LogP) is 1.13. The van der Waals surface area contributed by atoms with E-state index in [4.69, 9.17) is 4.74 Å². The molecule has 20 heavy (non-hydrogen) atoms. The number of methoxy groups -OCH3 is 1. The van der Waals surface area contributed by atoms with E-state index in [0.717, 1.165) is 39.3 Å². The molecule has 5 nitrogen and oxygen atoms in total. The summed E-state index contributed by atoms with van der Waals surface area (Å²) in [6.45, 7) is 7.35. The summed E-state index contributed by atoms with van der Waals surface area (Å²) in [6, 6.07) is 0. The lowest BCUT2D eigenvalue weighted by molar-refractivity contribution is -0.141. The van der Waals surface area contributed by atoms with E-state index >= 15 is 0 Å². The average molecular weight is 284 g/mol. The second kappa shape index (κ2) is 8.60. The third-order valence-corrected chi connectivity index (χ3v) is 4.35. The van der Waals surface area contributed by atoms with Crippen molar-refractivity contribution in [1.82, 2.24) is 9.80 Å². The van der Waals surface area contributed by atoms with Gasteiger partial charge < -0.3 is 19.3 Å². The maximum Gasteiger partial charge on any atom is 0.306 e. The van der Waals surface area contributed by atoms with Crippen molar-refractivity contribution < 1.29 is 14.3 Å². The Hall–Kier alpha value is -0.650. The molecule has 2 rings (SSSR count). The third kappa shape index (κ3) is 5.38. The topological polar surface area (TPSA) is 42.0 Å². The fourth-order valence-electron chi connectivity index (χ4n) is 3.00. The number of hydrogen-bond donors (Lipinski definition) is 0. The van der Waals surface area contributed by atoms with E-state index in [9.17, 15) is 4.79 Å². The Labute approximate surface area is 122 Å². The zero-order valence-electron chi connectivity index (χ0n) is 12.7. The van der Waals surface area contributed by atoms with Crippen LogP contribution >= 0.6 is 0 Å². The molecular weight excluding hydrogens is 256 g/mol. The molecule has 0 bridgehead atoms. The predicted molar refractivity (Wildman–Crippen MR) is 77.7 cm³/mol. The van der Waals surface area contributed by atoms with Crippen molar-refractivity contribution in [2.24, 2.45) is 0 Å². The van der Waals surface area contributed by atoms with Gasteiger partial charge in [-0.1, -0.05) is 0 Å². The van der Waals surface area contributed by atoms with E-state index in [1.165, 1.54) is 39.3 Å². The molecule has 0 spiro atoms. The minimum atomic E-state index is -0.107. The van der Waals surface area contributed by atoms with E-state index < -0.39 is 0 Å². The first-order valence-electron chi connectivity index (χ1n) is 7.91. The monoisotopic (exact) mass is 284 g/mol. The van der Waals surface area contributed by atoms with Crippen molar-refractivity contribution >= 4 is 5.97 Å². The Morgan fingerprint density at radius 3 is 2.50 bits per heavy atom. The Morgan fingerprint density at radius 2 is 1.90 bits per heavy atom. The molecule has 0 N–H and O–H groups in total. The minimum Gasteiger partial charge on any atom is -0.469 e. The van der Waals surface area contributed by atoms with Crippen LogP contribution in [0.5, 0.6) is 0 Å². The highest BCUT2D eigenvalue weighted by Gasteiger charge is 2.19. The summed E-state index contributed by atoms with van der Waals surface area (Å²) >= 11 is 0. The van der Waals surface area contributed by atoms with Gasteiger partial charge in [-0.15, -0.1) is 0 Å². The van der Waals surface area contributed by atoms with Gasteiger partial charge in [0.05, 0.1) is 19.6 Å². The van der Waals surface area contributed by atoms with Crippen LogP contribution in [0.25, 0.3) is 0 Å². The number of ether oxygens (including phenoxy) is 2. The quantitative estimate of drug-likeness (QED) is 0.656. The van der Waals surface area contributed by atoms with Crippen LogP contribution in [0.4, 0.5) is 0 Å². The van der Waals surface area contributed by atoms with Crippen LogP contribution in [0.1, 0.15) is 32.1 Å². The summed E-state index contributed by atoms with van der Waals surface area (Å²) in [6.07, 6.45) is 5.98. The fourth-order valence-corrected chi connectivity index (χ4v) is 3.00. The SMILES string of the molecule is COC(=O)CCN1CCN(CCCC2CCCO2)CC1. The molecular formula is C15H28N2O3. The standard InChI is InChI=1S/C15H28N2O3/c1-19-15(18)6-8-17-11-9-16(10-12-17)7-2-4-14-5-3-13-20-14/h14H,2-13H2,1H3. The van der Waals surface area contributed by atoms with Gasteiger partial charge in [-0.3, -0.25) is 4.79 Å². The lowest BCUT2D eigenvalue weighted by atomic mass is 10.1. The molecule has 0 aromatic rings. The summed E-state index contributed by atoms with van der Waals surface area (Å²) < 4.78 is 10.3. The van der Waals surface area contributed by atoms with Crippen molar-refractivity contribution in [3.63, 3.8) is 0 Å². The average Bonchev–Trinajstić information content (AvgIpc) is 2.99. The van der Waals surface area contributed by atoms with E-state index in [1.54, 1.807) is 0 Å². The van der Waals surface area contributed by atoms with Gasteiger partial charge in [0, 0.05) is 39.3 Å². The van der Waals surface area contributed by atoms with E-state index in [0.29, 0.717) is 12.5 Å². The van der Waals surface area contributed by atoms with Crippen LogP contribution in [-0.4, -0.2) is 74.9 Å². The highest BCUT2D eigenvalue weighted by Crippen LogP contribution is 2.17. The van der Waals surface area contributed by atoms with Gasteiger partial charge in [0.25, 0.3) is 0 Å². The first-order chi connectivity index (χ1) is 9.78. The smallest absolute Gasteiger partial charge is 0.306 e. The molecule has 2 aliphatic heterocycles. The second-order valence-electron chi connectivity index (χ2n) is 5.79. The fraction of sp³-hybridized carbons (Fsp3) is 0.933. The molecule has 0 aromatic carbocycles. The maximum absolute atomic E-state index is 11.1. The van der Waals surface area contributed by atoms with Gasteiger partial charge in [0.2, 0.25) is 0 Å². The van der Waals surface area contributed by atoms with Crippen molar-refractivity contribution in [2.75, 3.05) is 53.0 Å². The Kier molecular flexibility index (Phi) is 6.76. The highest BCUT2D eigenvalue weighted by atomic mass is 16.5. The third-order valence-electron chi connectivity index (χ3n) is 4.35. The summed E-state index contributed by atoms with van der Waals surface area (Å²) in [5.41, 5.74) is 0. The summed E-state index contributed by atoms with van der Waals surface area (Å²) in [5, 5.41) is 0. The molecule has 2 saturated heterocycles. The second-order valence-corrected chi connectivity index (χ2v) is 5.79. The normalized spacial score (nSPS) is 24.9. The van der Waals surface area contributed by atoms with Gasteiger partial charge in [-0.05, 0) is 32.2 Å².